The Bertz CT molecular complexity index is 842. The monoisotopic (exact) mass is 378 g/mol. The second-order valence-electron chi connectivity index (χ2n) is 7.35. The van der Waals surface area contributed by atoms with Crippen LogP contribution < -0.4 is 10.2 Å². The molecule has 4 rings (SSSR count). The molecule has 0 atom stereocenters. The first-order valence-corrected chi connectivity index (χ1v) is 9.27. The highest BCUT2D eigenvalue weighted by Crippen LogP contribution is 2.32. The van der Waals surface area contributed by atoms with Gasteiger partial charge in [0, 0.05) is 37.1 Å². The highest BCUT2D eigenvalue weighted by atomic mass is 19.4. The summed E-state index contributed by atoms with van der Waals surface area (Å²) in [5.41, 5.74) is -0.592. The lowest BCUT2D eigenvalue weighted by Crippen LogP contribution is -2.39. The van der Waals surface area contributed by atoms with E-state index in [4.69, 9.17) is 0 Å². The maximum Gasteiger partial charge on any atom is 0.433 e. The Morgan fingerprint density at radius 2 is 1.89 bits per heavy atom. The number of aromatic nitrogens is 2. The minimum atomic E-state index is -4.46. The fourth-order valence-corrected chi connectivity index (χ4v) is 3.53. The van der Waals surface area contributed by atoms with E-state index >= 15 is 0 Å². The molecule has 27 heavy (non-hydrogen) atoms. The van der Waals surface area contributed by atoms with Gasteiger partial charge >= 0.3 is 6.18 Å². The number of fused-ring (bicyclic) bond motifs is 1. The minimum absolute atomic E-state index is 0.166. The fraction of sp³-hybridized carbons (Fsp3) is 0.526. The zero-order chi connectivity index (χ0) is 19.0. The van der Waals surface area contributed by atoms with E-state index in [1.165, 1.54) is 18.3 Å². The summed E-state index contributed by atoms with van der Waals surface area (Å²) in [5, 5.41) is 3.66. The van der Waals surface area contributed by atoms with Crippen LogP contribution in [-0.4, -0.2) is 35.5 Å². The van der Waals surface area contributed by atoms with Crippen LogP contribution in [0.1, 0.15) is 31.4 Å². The number of hydrogen-bond acceptors (Lipinski definition) is 4. The Hall–Kier alpha value is -2.38. The first-order valence-electron chi connectivity index (χ1n) is 9.27. The number of piperidine rings is 1. The number of hydrogen-bond donors (Lipinski definition) is 1. The van der Waals surface area contributed by atoms with Gasteiger partial charge in [0.15, 0.2) is 0 Å². The average molecular weight is 378 g/mol. The SMILES string of the molecule is O=C(NCC1CCN(c2nccc3nc(C(F)(F)F)ccc23)CC1)C1CC1. The molecule has 1 aliphatic carbocycles. The summed E-state index contributed by atoms with van der Waals surface area (Å²) >= 11 is 0. The van der Waals surface area contributed by atoms with Crippen molar-refractivity contribution < 1.29 is 18.0 Å². The molecule has 3 heterocycles. The predicted octanol–water partition coefficient (Wildman–Crippen LogP) is 3.39. The zero-order valence-electron chi connectivity index (χ0n) is 14.8. The lowest BCUT2D eigenvalue weighted by molar-refractivity contribution is -0.141. The second-order valence-corrected chi connectivity index (χ2v) is 7.35. The molecule has 8 heteroatoms. The van der Waals surface area contributed by atoms with E-state index in [1.807, 2.05) is 0 Å². The summed E-state index contributed by atoms with van der Waals surface area (Å²) in [6, 6.07) is 3.97. The highest BCUT2D eigenvalue weighted by molar-refractivity contribution is 5.89. The quantitative estimate of drug-likeness (QED) is 0.886. The van der Waals surface area contributed by atoms with Gasteiger partial charge in [-0.25, -0.2) is 9.97 Å². The van der Waals surface area contributed by atoms with E-state index in [2.05, 4.69) is 20.2 Å². The maximum absolute atomic E-state index is 12.9. The van der Waals surface area contributed by atoms with Gasteiger partial charge in [0.1, 0.15) is 11.5 Å². The Morgan fingerprint density at radius 1 is 1.15 bits per heavy atom. The van der Waals surface area contributed by atoms with E-state index in [1.54, 1.807) is 0 Å². The van der Waals surface area contributed by atoms with Crippen LogP contribution in [0.2, 0.25) is 0 Å². The predicted molar refractivity (Wildman–Crippen MR) is 95.2 cm³/mol. The van der Waals surface area contributed by atoms with Gasteiger partial charge in [-0.1, -0.05) is 0 Å². The van der Waals surface area contributed by atoms with Gasteiger partial charge in [0.05, 0.1) is 5.52 Å². The molecule has 2 aromatic rings. The fourth-order valence-electron chi connectivity index (χ4n) is 3.53. The molecular weight excluding hydrogens is 357 g/mol. The lowest BCUT2D eigenvalue weighted by Gasteiger charge is -2.33. The van der Waals surface area contributed by atoms with Crippen LogP contribution in [0.5, 0.6) is 0 Å². The van der Waals surface area contributed by atoms with Gasteiger partial charge in [-0.15, -0.1) is 0 Å². The van der Waals surface area contributed by atoms with E-state index in [-0.39, 0.29) is 11.8 Å². The summed E-state index contributed by atoms with van der Waals surface area (Å²) < 4.78 is 38.6. The Morgan fingerprint density at radius 3 is 2.56 bits per heavy atom. The van der Waals surface area contributed by atoms with Crippen LogP contribution in [0.4, 0.5) is 19.0 Å². The number of alkyl halides is 3. The molecule has 1 aliphatic heterocycles. The van der Waals surface area contributed by atoms with E-state index in [0.29, 0.717) is 29.2 Å². The number of amides is 1. The summed E-state index contributed by atoms with van der Waals surface area (Å²) in [4.78, 5) is 22.0. The molecule has 2 aliphatic rings. The Labute approximate surface area is 155 Å². The van der Waals surface area contributed by atoms with Crippen molar-refractivity contribution in [3.63, 3.8) is 0 Å². The highest BCUT2D eigenvalue weighted by Gasteiger charge is 2.33. The number of nitrogens with one attached hydrogen (secondary N) is 1. The second kappa shape index (κ2) is 6.98. The molecule has 0 spiro atoms. The molecule has 1 amide bonds. The number of pyridine rings is 2. The van der Waals surface area contributed by atoms with Crippen LogP contribution in [0, 0.1) is 11.8 Å². The third-order valence-electron chi connectivity index (χ3n) is 5.31. The van der Waals surface area contributed by atoms with Crippen molar-refractivity contribution in [2.45, 2.75) is 31.9 Å². The van der Waals surface area contributed by atoms with Gasteiger partial charge in [-0.3, -0.25) is 4.79 Å². The number of carbonyl (C=O) groups is 1. The third-order valence-corrected chi connectivity index (χ3v) is 5.31. The Kier molecular flexibility index (Phi) is 4.65. The molecule has 1 saturated carbocycles. The molecule has 5 nitrogen and oxygen atoms in total. The van der Waals surface area contributed by atoms with Crippen molar-refractivity contribution in [3.05, 3.63) is 30.1 Å². The van der Waals surface area contributed by atoms with Gasteiger partial charge in [0.25, 0.3) is 0 Å². The molecule has 1 saturated heterocycles. The number of anilines is 1. The third kappa shape index (κ3) is 3.99. The van der Waals surface area contributed by atoms with Crippen LogP contribution in [-0.2, 0) is 11.0 Å². The molecule has 2 aromatic heterocycles. The van der Waals surface area contributed by atoms with E-state index in [9.17, 15) is 18.0 Å². The van der Waals surface area contributed by atoms with Gasteiger partial charge in [0.2, 0.25) is 5.91 Å². The first kappa shape index (κ1) is 18.0. The molecule has 0 unspecified atom stereocenters. The molecular formula is C19H21F3N4O. The van der Waals surface area contributed by atoms with E-state index < -0.39 is 11.9 Å². The van der Waals surface area contributed by atoms with Crippen molar-refractivity contribution in [1.29, 1.82) is 0 Å². The average Bonchev–Trinajstić information content (AvgIpc) is 3.50. The molecule has 1 N–H and O–H groups in total. The zero-order valence-corrected chi connectivity index (χ0v) is 14.8. The van der Waals surface area contributed by atoms with E-state index in [0.717, 1.165) is 44.8 Å². The number of halogens is 3. The van der Waals surface area contributed by atoms with Gasteiger partial charge < -0.3 is 10.2 Å². The van der Waals surface area contributed by atoms with Crippen molar-refractivity contribution in [1.82, 2.24) is 15.3 Å². The summed E-state index contributed by atoms with van der Waals surface area (Å²) in [6.07, 6.45) is 0.879. The standard InChI is InChI=1S/C19H21F3N4O/c20-19(21,22)16-4-3-14-15(25-16)5-8-23-17(14)26-9-6-12(7-10-26)11-24-18(27)13-1-2-13/h3-5,8,12-13H,1-2,6-7,9-11H2,(H,24,27). The molecule has 2 fully saturated rings. The van der Waals surface area contributed by atoms with Gasteiger partial charge in [-0.2, -0.15) is 13.2 Å². The smallest absolute Gasteiger partial charge is 0.356 e. The maximum atomic E-state index is 12.9. The van der Waals surface area contributed by atoms with Crippen molar-refractivity contribution in [2.24, 2.45) is 11.8 Å². The molecule has 0 radical (unpaired) electrons. The van der Waals surface area contributed by atoms with Crippen molar-refractivity contribution in [2.75, 3.05) is 24.5 Å². The lowest BCUT2D eigenvalue weighted by atomic mass is 9.96. The number of carbonyl (C=O) groups excluding carboxylic acids is 1. The number of rotatable bonds is 4. The summed E-state index contributed by atoms with van der Waals surface area (Å²) in [5.74, 6) is 1.49. The topological polar surface area (TPSA) is 58.1 Å². The summed E-state index contributed by atoms with van der Waals surface area (Å²) in [6.45, 7) is 2.22. The van der Waals surface area contributed by atoms with Crippen LogP contribution in [0.25, 0.3) is 10.9 Å². The first-order chi connectivity index (χ1) is 12.9. The van der Waals surface area contributed by atoms with Crippen LogP contribution in [0.3, 0.4) is 0 Å². The van der Waals surface area contributed by atoms with Crippen LogP contribution in [0.15, 0.2) is 24.4 Å². The molecule has 0 aromatic carbocycles. The minimum Gasteiger partial charge on any atom is -0.356 e. The Balaban J connectivity index is 1.43. The molecule has 144 valence electrons. The normalized spacial score (nSPS) is 18.7. The van der Waals surface area contributed by atoms with Crippen LogP contribution >= 0.6 is 0 Å². The molecule has 0 bridgehead atoms. The summed E-state index contributed by atoms with van der Waals surface area (Å²) in [7, 11) is 0. The van der Waals surface area contributed by atoms with Gasteiger partial charge in [-0.05, 0) is 49.8 Å². The number of nitrogens with zero attached hydrogens (tertiary/aromatic N) is 3. The van der Waals surface area contributed by atoms with Crippen molar-refractivity contribution in [3.8, 4) is 0 Å². The van der Waals surface area contributed by atoms with Crippen molar-refractivity contribution >= 4 is 22.6 Å². The largest absolute Gasteiger partial charge is 0.433 e.